The van der Waals surface area contributed by atoms with Crippen molar-refractivity contribution < 1.29 is 13.6 Å². The van der Waals surface area contributed by atoms with Gasteiger partial charge in [-0.3, -0.25) is 9.69 Å². The molecule has 26 heavy (non-hydrogen) atoms. The highest BCUT2D eigenvalue weighted by Crippen LogP contribution is 2.42. The zero-order valence-corrected chi connectivity index (χ0v) is 14.7. The SMILES string of the molecule is N[C@@H]1[C@H](C(=O)NC2CCN(Cc3ccc(F)c(F)c3)CC2)[C@@H]2C=C[C@H]1C2. The molecule has 1 amide bonds. The van der Waals surface area contributed by atoms with E-state index >= 15 is 0 Å². The number of nitrogens with zero attached hydrogens (tertiary/aromatic N) is 1. The van der Waals surface area contributed by atoms with Crippen LogP contribution in [-0.2, 0) is 11.3 Å². The maximum atomic E-state index is 13.3. The molecule has 140 valence electrons. The molecule has 1 saturated carbocycles. The Bertz CT molecular complexity index is 715. The van der Waals surface area contributed by atoms with Crippen LogP contribution in [0, 0.1) is 29.4 Å². The van der Waals surface area contributed by atoms with Crippen LogP contribution in [0.25, 0.3) is 0 Å². The second kappa shape index (κ2) is 7.08. The fourth-order valence-corrected chi connectivity index (χ4v) is 4.66. The highest BCUT2D eigenvalue weighted by Gasteiger charge is 2.46. The molecule has 3 aliphatic rings. The van der Waals surface area contributed by atoms with Crippen molar-refractivity contribution in [3.05, 3.63) is 47.5 Å². The standard InChI is InChI=1S/C20H25F2N3O/c21-16-4-1-12(9-17(16)22)11-25-7-5-15(6-8-25)24-20(26)18-13-2-3-14(10-13)19(18)23/h1-4,9,13-15,18-19H,5-8,10-11,23H2,(H,24,26)/t13-,14+,18-,19+/m1/s1. The lowest BCUT2D eigenvalue weighted by Crippen LogP contribution is -2.50. The number of nitrogens with two attached hydrogens (primary N) is 1. The third-order valence-electron chi connectivity index (χ3n) is 6.15. The predicted octanol–water partition coefficient (Wildman–Crippen LogP) is 2.19. The summed E-state index contributed by atoms with van der Waals surface area (Å²) < 4.78 is 26.3. The molecule has 1 saturated heterocycles. The van der Waals surface area contributed by atoms with Crippen molar-refractivity contribution in [3.63, 3.8) is 0 Å². The molecule has 4 atom stereocenters. The molecule has 4 nitrogen and oxygen atoms in total. The number of allylic oxidation sites excluding steroid dienone is 1. The van der Waals surface area contributed by atoms with Crippen molar-refractivity contribution in [3.8, 4) is 0 Å². The second-order valence-electron chi connectivity index (χ2n) is 7.86. The topological polar surface area (TPSA) is 58.4 Å². The molecule has 0 unspecified atom stereocenters. The zero-order chi connectivity index (χ0) is 18.3. The van der Waals surface area contributed by atoms with Crippen molar-refractivity contribution in [1.82, 2.24) is 10.2 Å². The number of benzene rings is 1. The monoisotopic (exact) mass is 361 g/mol. The van der Waals surface area contributed by atoms with Crippen LogP contribution in [0.2, 0.25) is 0 Å². The summed E-state index contributed by atoms with van der Waals surface area (Å²) in [6.45, 7) is 2.25. The molecule has 1 heterocycles. The number of halogens is 2. The van der Waals surface area contributed by atoms with Gasteiger partial charge in [-0.05, 0) is 48.8 Å². The van der Waals surface area contributed by atoms with Gasteiger partial charge in [0.15, 0.2) is 11.6 Å². The van der Waals surface area contributed by atoms with E-state index in [1.54, 1.807) is 6.07 Å². The maximum absolute atomic E-state index is 13.3. The van der Waals surface area contributed by atoms with Crippen molar-refractivity contribution in [1.29, 1.82) is 0 Å². The molecular weight excluding hydrogens is 336 g/mol. The maximum Gasteiger partial charge on any atom is 0.225 e. The highest BCUT2D eigenvalue weighted by molar-refractivity contribution is 5.81. The Labute approximate surface area is 152 Å². The smallest absolute Gasteiger partial charge is 0.225 e. The van der Waals surface area contributed by atoms with Gasteiger partial charge >= 0.3 is 0 Å². The largest absolute Gasteiger partial charge is 0.353 e. The average Bonchev–Trinajstić information content (AvgIpc) is 3.21. The first-order valence-electron chi connectivity index (χ1n) is 9.42. The van der Waals surface area contributed by atoms with E-state index in [1.807, 2.05) is 0 Å². The Morgan fingerprint density at radius 1 is 1.15 bits per heavy atom. The molecular formula is C20H25F2N3O. The average molecular weight is 361 g/mol. The summed E-state index contributed by atoms with van der Waals surface area (Å²) in [5.41, 5.74) is 6.99. The lowest BCUT2D eigenvalue weighted by molar-refractivity contribution is -0.127. The lowest BCUT2D eigenvalue weighted by atomic mass is 9.88. The van der Waals surface area contributed by atoms with Crippen LogP contribution >= 0.6 is 0 Å². The third-order valence-corrected chi connectivity index (χ3v) is 6.15. The van der Waals surface area contributed by atoms with Gasteiger partial charge in [-0.15, -0.1) is 0 Å². The first-order valence-corrected chi connectivity index (χ1v) is 9.42. The lowest BCUT2D eigenvalue weighted by Gasteiger charge is -2.34. The van der Waals surface area contributed by atoms with Crippen LogP contribution in [-0.4, -0.2) is 36.0 Å². The molecule has 4 rings (SSSR count). The number of piperidine rings is 1. The molecule has 1 aromatic rings. The number of likely N-dealkylation sites (tertiary alicyclic amines) is 1. The van der Waals surface area contributed by atoms with Crippen molar-refractivity contribution >= 4 is 5.91 Å². The van der Waals surface area contributed by atoms with Crippen LogP contribution in [0.1, 0.15) is 24.8 Å². The van der Waals surface area contributed by atoms with Gasteiger partial charge in [-0.2, -0.15) is 0 Å². The fourth-order valence-electron chi connectivity index (χ4n) is 4.66. The van der Waals surface area contributed by atoms with Gasteiger partial charge in [0.25, 0.3) is 0 Å². The number of carbonyl (C=O) groups excluding carboxylic acids is 1. The first-order chi connectivity index (χ1) is 12.5. The van der Waals surface area contributed by atoms with Gasteiger partial charge in [0.05, 0.1) is 5.92 Å². The number of rotatable bonds is 4. The van der Waals surface area contributed by atoms with Crippen LogP contribution < -0.4 is 11.1 Å². The predicted molar refractivity (Wildman–Crippen MR) is 95.0 cm³/mol. The van der Waals surface area contributed by atoms with Crippen LogP contribution in [0.5, 0.6) is 0 Å². The fraction of sp³-hybridized carbons (Fsp3) is 0.550. The number of amides is 1. The zero-order valence-electron chi connectivity index (χ0n) is 14.7. The van der Waals surface area contributed by atoms with Gasteiger partial charge in [-0.25, -0.2) is 8.78 Å². The molecule has 6 heteroatoms. The van der Waals surface area contributed by atoms with Crippen molar-refractivity contribution in [2.45, 2.75) is 37.9 Å². The number of carbonyl (C=O) groups is 1. The molecule has 0 spiro atoms. The minimum atomic E-state index is -0.816. The van der Waals surface area contributed by atoms with Gasteiger partial charge in [0, 0.05) is 31.7 Å². The first kappa shape index (κ1) is 17.6. The minimum absolute atomic E-state index is 0.0570. The van der Waals surface area contributed by atoms with Crippen LogP contribution in [0.15, 0.2) is 30.4 Å². The van der Waals surface area contributed by atoms with E-state index in [-0.39, 0.29) is 23.9 Å². The van der Waals surface area contributed by atoms with Gasteiger partial charge in [0.2, 0.25) is 5.91 Å². The Kier molecular flexibility index (Phi) is 4.80. The molecule has 0 radical (unpaired) electrons. The molecule has 2 bridgehead atoms. The van der Waals surface area contributed by atoms with Gasteiger partial charge < -0.3 is 11.1 Å². The van der Waals surface area contributed by atoms with Crippen molar-refractivity contribution in [2.24, 2.45) is 23.5 Å². The van der Waals surface area contributed by atoms with Crippen molar-refractivity contribution in [2.75, 3.05) is 13.1 Å². The summed E-state index contributed by atoms with van der Waals surface area (Å²) in [5.74, 6) is -0.972. The molecule has 2 fully saturated rings. The van der Waals surface area contributed by atoms with Gasteiger partial charge in [0.1, 0.15) is 0 Å². The number of hydrogen-bond donors (Lipinski definition) is 2. The molecule has 1 aliphatic heterocycles. The number of nitrogens with one attached hydrogen (secondary N) is 1. The highest BCUT2D eigenvalue weighted by atomic mass is 19.2. The van der Waals surface area contributed by atoms with E-state index in [4.69, 9.17) is 5.73 Å². The van der Waals surface area contributed by atoms with E-state index < -0.39 is 11.6 Å². The minimum Gasteiger partial charge on any atom is -0.353 e. The van der Waals surface area contributed by atoms with E-state index in [9.17, 15) is 13.6 Å². The number of fused-ring (bicyclic) bond motifs is 2. The Morgan fingerprint density at radius 2 is 1.88 bits per heavy atom. The van der Waals surface area contributed by atoms with Gasteiger partial charge in [-0.1, -0.05) is 18.2 Å². The summed E-state index contributed by atoms with van der Waals surface area (Å²) in [7, 11) is 0. The quantitative estimate of drug-likeness (QED) is 0.809. The molecule has 2 aliphatic carbocycles. The normalized spacial score (nSPS) is 31.5. The Morgan fingerprint density at radius 3 is 2.54 bits per heavy atom. The summed E-state index contributed by atoms with van der Waals surface area (Å²) in [5, 5.41) is 3.19. The molecule has 3 N–H and O–H groups in total. The number of hydrogen-bond acceptors (Lipinski definition) is 3. The van der Waals surface area contributed by atoms with Crippen LogP contribution in [0.3, 0.4) is 0 Å². The summed E-state index contributed by atoms with van der Waals surface area (Å²) >= 11 is 0. The van der Waals surface area contributed by atoms with E-state index in [0.29, 0.717) is 18.4 Å². The molecule has 1 aromatic carbocycles. The second-order valence-corrected chi connectivity index (χ2v) is 7.86. The Balaban J connectivity index is 1.26. The summed E-state index contributed by atoms with van der Waals surface area (Å²) in [4.78, 5) is 14.8. The van der Waals surface area contributed by atoms with E-state index in [2.05, 4.69) is 22.4 Å². The van der Waals surface area contributed by atoms with Crippen LogP contribution in [0.4, 0.5) is 8.78 Å². The Hall–Kier alpha value is -1.79. The van der Waals surface area contributed by atoms with E-state index in [0.717, 1.165) is 37.9 Å². The third kappa shape index (κ3) is 3.40. The van der Waals surface area contributed by atoms with E-state index in [1.165, 1.54) is 12.1 Å². The summed E-state index contributed by atoms with van der Waals surface area (Å²) in [6.07, 6.45) is 7.02. The summed E-state index contributed by atoms with van der Waals surface area (Å²) in [6, 6.07) is 4.16. The molecule has 0 aromatic heterocycles.